The molecule has 1 aromatic heterocycles. The molecule has 3 aromatic carbocycles. The lowest BCUT2D eigenvalue weighted by atomic mass is 10.1. The Labute approximate surface area is 161 Å². The van der Waals surface area contributed by atoms with E-state index in [1.54, 1.807) is 24.3 Å². The van der Waals surface area contributed by atoms with E-state index in [-0.39, 0.29) is 5.91 Å². The molecule has 132 valence electrons. The van der Waals surface area contributed by atoms with E-state index in [0.717, 1.165) is 11.3 Å². The van der Waals surface area contributed by atoms with Crippen molar-refractivity contribution in [2.45, 2.75) is 0 Å². The molecular weight excluding hydrogens is 360 g/mol. The van der Waals surface area contributed by atoms with Gasteiger partial charge in [-0.25, -0.2) is 0 Å². The van der Waals surface area contributed by atoms with Gasteiger partial charge in [0.2, 0.25) is 0 Å². The van der Waals surface area contributed by atoms with Crippen LogP contribution in [0, 0.1) is 0 Å². The third kappa shape index (κ3) is 3.73. The number of hydrogen-bond acceptors (Lipinski definition) is 3. The van der Waals surface area contributed by atoms with Crippen LogP contribution in [0.3, 0.4) is 0 Å². The topological polar surface area (TPSA) is 59.8 Å². The van der Waals surface area contributed by atoms with Gasteiger partial charge in [0.15, 0.2) is 5.82 Å². The Kier molecular flexibility index (Phi) is 4.68. The second-order valence-corrected chi connectivity index (χ2v) is 6.29. The zero-order valence-corrected chi connectivity index (χ0v) is 15.0. The monoisotopic (exact) mass is 374 g/mol. The Hall–Kier alpha value is -3.44. The minimum absolute atomic E-state index is 0.240. The highest BCUT2D eigenvalue weighted by Crippen LogP contribution is 2.26. The minimum atomic E-state index is -0.240. The first kappa shape index (κ1) is 17.0. The largest absolute Gasteiger partial charge is 0.303 e. The number of benzene rings is 3. The molecular formula is C21H15ClN4O. The molecule has 0 unspecified atom stereocenters. The van der Waals surface area contributed by atoms with E-state index in [0.29, 0.717) is 22.1 Å². The molecule has 6 heteroatoms. The Morgan fingerprint density at radius 1 is 0.815 bits per heavy atom. The molecule has 0 saturated carbocycles. The number of rotatable bonds is 4. The molecule has 0 atom stereocenters. The molecule has 1 amide bonds. The average Bonchev–Trinajstić information content (AvgIpc) is 3.13. The van der Waals surface area contributed by atoms with E-state index in [4.69, 9.17) is 11.6 Å². The lowest BCUT2D eigenvalue weighted by Crippen LogP contribution is -2.13. The fourth-order valence-corrected chi connectivity index (χ4v) is 2.77. The van der Waals surface area contributed by atoms with Crippen LogP contribution in [0.15, 0.2) is 84.9 Å². The normalized spacial score (nSPS) is 10.6. The third-order valence-corrected chi connectivity index (χ3v) is 4.24. The van der Waals surface area contributed by atoms with E-state index in [2.05, 4.69) is 15.5 Å². The molecule has 0 aliphatic heterocycles. The number of aromatic nitrogens is 3. The molecule has 0 aliphatic rings. The Bertz CT molecular complexity index is 1060. The van der Waals surface area contributed by atoms with Crippen LogP contribution in [0.4, 0.5) is 5.82 Å². The number of carbonyl (C=O) groups is 1. The van der Waals surface area contributed by atoms with Crippen molar-refractivity contribution >= 4 is 23.3 Å². The summed E-state index contributed by atoms with van der Waals surface area (Å²) in [6, 6.07) is 25.8. The lowest BCUT2D eigenvalue weighted by Gasteiger charge is -2.03. The molecule has 0 saturated heterocycles. The van der Waals surface area contributed by atoms with Crippen molar-refractivity contribution in [2.24, 2.45) is 0 Å². The van der Waals surface area contributed by atoms with Crippen LogP contribution in [0.1, 0.15) is 10.4 Å². The van der Waals surface area contributed by atoms with Gasteiger partial charge in [0.05, 0.1) is 5.69 Å². The van der Waals surface area contributed by atoms with Crippen molar-refractivity contribution in [1.82, 2.24) is 15.0 Å². The Balaban J connectivity index is 1.74. The summed E-state index contributed by atoms with van der Waals surface area (Å²) in [6.07, 6.45) is 0. The van der Waals surface area contributed by atoms with Crippen LogP contribution in [-0.2, 0) is 0 Å². The van der Waals surface area contributed by atoms with Gasteiger partial charge >= 0.3 is 0 Å². The molecule has 4 aromatic rings. The van der Waals surface area contributed by atoms with Crippen molar-refractivity contribution in [2.75, 3.05) is 5.32 Å². The zero-order valence-electron chi connectivity index (χ0n) is 14.2. The highest BCUT2D eigenvalue weighted by molar-refractivity contribution is 6.30. The van der Waals surface area contributed by atoms with Gasteiger partial charge in [0.1, 0.15) is 5.69 Å². The first-order valence-electron chi connectivity index (χ1n) is 8.36. The summed E-state index contributed by atoms with van der Waals surface area (Å²) in [7, 11) is 0. The predicted octanol–water partition coefficient (Wildman–Crippen LogP) is 4.84. The summed E-state index contributed by atoms with van der Waals surface area (Å²) in [4.78, 5) is 14.1. The highest BCUT2D eigenvalue weighted by Gasteiger charge is 2.17. The summed E-state index contributed by atoms with van der Waals surface area (Å²) in [5.74, 6) is 0.154. The number of amides is 1. The van der Waals surface area contributed by atoms with Gasteiger partial charge in [-0.2, -0.15) is 0 Å². The van der Waals surface area contributed by atoms with Gasteiger partial charge in [-0.1, -0.05) is 60.1 Å². The summed E-state index contributed by atoms with van der Waals surface area (Å²) < 4.78 is 0. The molecule has 0 fully saturated rings. The Morgan fingerprint density at radius 3 is 2.11 bits per heavy atom. The number of hydrogen-bond donors (Lipinski definition) is 1. The molecule has 5 nitrogen and oxygen atoms in total. The average molecular weight is 375 g/mol. The molecule has 0 spiro atoms. The van der Waals surface area contributed by atoms with Crippen molar-refractivity contribution in [3.8, 4) is 16.9 Å². The SMILES string of the molecule is O=C(Nc1nn(-c2ccc(Cl)cc2)nc1-c1ccccc1)c1ccccc1. The van der Waals surface area contributed by atoms with Gasteiger partial charge in [0.25, 0.3) is 5.91 Å². The number of halogens is 1. The number of nitrogens with zero attached hydrogens (tertiary/aromatic N) is 3. The van der Waals surface area contributed by atoms with Crippen LogP contribution in [0.5, 0.6) is 0 Å². The van der Waals surface area contributed by atoms with Gasteiger partial charge in [0, 0.05) is 16.1 Å². The van der Waals surface area contributed by atoms with Crippen LogP contribution in [-0.4, -0.2) is 20.9 Å². The molecule has 0 radical (unpaired) electrons. The fourth-order valence-electron chi connectivity index (χ4n) is 2.64. The Morgan fingerprint density at radius 2 is 1.44 bits per heavy atom. The summed E-state index contributed by atoms with van der Waals surface area (Å²) in [5, 5.41) is 12.6. The minimum Gasteiger partial charge on any atom is -0.303 e. The molecule has 4 rings (SSSR count). The lowest BCUT2D eigenvalue weighted by molar-refractivity contribution is 0.102. The maximum Gasteiger partial charge on any atom is 0.256 e. The van der Waals surface area contributed by atoms with Crippen LogP contribution in [0.2, 0.25) is 5.02 Å². The summed E-state index contributed by atoms with van der Waals surface area (Å²) in [5.41, 5.74) is 2.75. The first-order valence-corrected chi connectivity index (χ1v) is 8.73. The summed E-state index contributed by atoms with van der Waals surface area (Å²) in [6.45, 7) is 0. The van der Waals surface area contributed by atoms with E-state index in [1.807, 2.05) is 60.7 Å². The number of carbonyl (C=O) groups excluding carboxylic acids is 1. The van der Waals surface area contributed by atoms with Crippen LogP contribution in [0.25, 0.3) is 16.9 Å². The van der Waals surface area contributed by atoms with E-state index < -0.39 is 0 Å². The maximum absolute atomic E-state index is 12.6. The van der Waals surface area contributed by atoms with Crippen molar-refractivity contribution in [3.63, 3.8) is 0 Å². The highest BCUT2D eigenvalue weighted by atomic mass is 35.5. The molecule has 27 heavy (non-hydrogen) atoms. The van der Waals surface area contributed by atoms with E-state index in [1.165, 1.54) is 4.80 Å². The predicted molar refractivity (Wildman–Crippen MR) is 106 cm³/mol. The first-order chi connectivity index (χ1) is 13.2. The standard InChI is InChI=1S/C21H15ClN4O/c22-17-11-13-18(14-12-17)26-24-19(15-7-3-1-4-8-15)20(25-26)23-21(27)16-9-5-2-6-10-16/h1-14H,(H,23,25,27). The third-order valence-electron chi connectivity index (χ3n) is 3.99. The van der Waals surface area contributed by atoms with Gasteiger partial charge in [-0.05, 0) is 36.4 Å². The van der Waals surface area contributed by atoms with Crippen molar-refractivity contribution in [3.05, 3.63) is 95.5 Å². The molecule has 1 heterocycles. The second-order valence-electron chi connectivity index (χ2n) is 5.85. The van der Waals surface area contributed by atoms with Crippen molar-refractivity contribution < 1.29 is 4.79 Å². The molecule has 1 N–H and O–H groups in total. The molecule has 0 aliphatic carbocycles. The molecule has 0 bridgehead atoms. The summed E-state index contributed by atoms with van der Waals surface area (Å²) >= 11 is 5.96. The number of anilines is 1. The van der Waals surface area contributed by atoms with Gasteiger partial charge < -0.3 is 5.32 Å². The van der Waals surface area contributed by atoms with Crippen LogP contribution < -0.4 is 5.32 Å². The fraction of sp³-hybridized carbons (Fsp3) is 0. The number of nitrogens with one attached hydrogen (secondary N) is 1. The smallest absolute Gasteiger partial charge is 0.256 e. The van der Waals surface area contributed by atoms with Crippen LogP contribution >= 0.6 is 11.6 Å². The quantitative estimate of drug-likeness (QED) is 0.556. The van der Waals surface area contributed by atoms with Gasteiger partial charge in [-0.15, -0.1) is 15.0 Å². The van der Waals surface area contributed by atoms with E-state index >= 15 is 0 Å². The van der Waals surface area contributed by atoms with E-state index in [9.17, 15) is 4.79 Å². The second kappa shape index (κ2) is 7.43. The van der Waals surface area contributed by atoms with Crippen molar-refractivity contribution in [1.29, 1.82) is 0 Å². The van der Waals surface area contributed by atoms with Gasteiger partial charge in [-0.3, -0.25) is 4.79 Å². The zero-order chi connectivity index (χ0) is 18.6. The maximum atomic E-state index is 12.6.